The van der Waals surface area contributed by atoms with E-state index in [0.29, 0.717) is 28.6 Å². The highest BCUT2D eigenvalue weighted by Gasteiger charge is 2.10. The maximum Gasteiger partial charge on any atom is 0.238 e. The number of carbonyl (C=O) groups excluding carboxylic acids is 1. The third-order valence-electron chi connectivity index (χ3n) is 2.13. The van der Waals surface area contributed by atoms with Gasteiger partial charge in [-0.1, -0.05) is 18.5 Å². The zero-order valence-electron chi connectivity index (χ0n) is 9.96. The SMILES string of the molecule is CCC(=O)NNc1cc(OC)c(Cl)cc1OC. The lowest BCUT2D eigenvalue weighted by Gasteiger charge is -2.14. The van der Waals surface area contributed by atoms with Gasteiger partial charge in [-0.15, -0.1) is 0 Å². The molecule has 0 bridgehead atoms. The predicted molar refractivity (Wildman–Crippen MR) is 66.6 cm³/mol. The molecule has 0 radical (unpaired) electrons. The molecule has 0 fully saturated rings. The number of ether oxygens (including phenoxy) is 2. The van der Waals surface area contributed by atoms with Crippen molar-refractivity contribution >= 4 is 23.2 Å². The van der Waals surface area contributed by atoms with Gasteiger partial charge in [-0.05, 0) is 0 Å². The molecule has 1 aromatic carbocycles. The average Bonchev–Trinajstić information content (AvgIpc) is 2.36. The van der Waals surface area contributed by atoms with Gasteiger partial charge in [-0.25, -0.2) is 0 Å². The quantitative estimate of drug-likeness (QED) is 0.795. The molecular weight excluding hydrogens is 244 g/mol. The first-order valence-electron chi connectivity index (χ1n) is 5.08. The van der Waals surface area contributed by atoms with Crippen molar-refractivity contribution in [1.29, 1.82) is 0 Å². The van der Waals surface area contributed by atoms with E-state index < -0.39 is 0 Å². The van der Waals surface area contributed by atoms with Gasteiger partial charge in [0.2, 0.25) is 5.91 Å². The number of benzene rings is 1. The first-order chi connectivity index (χ1) is 8.12. The number of rotatable bonds is 5. The number of hydrogen-bond acceptors (Lipinski definition) is 4. The molecule has 1 aromatic rings. The summed E-state index contributed by atoms with van der Waals surface area (Å²) in [6.07, 6.45) is 0.389. The summed E-state index contributed by atoms with van der Waals surface area (Å²) in [5.41, 5.74) is 5.86. The van der Waals surface area contributed by atoms with Crippen molar-refractivity contribution in [3.8, 4) is 11.5 Å². The summed E-state index contributed by atoms with van der Waals surface area (Å²) in [5.74, 6) is 0.897. The summed E-state index contributed by atoms with van der Waals surface area (Å²) in [7, 11) is 3.03. The maximum absolute atomic E-state index is 11.1. The van der Waals surface area contributed by atoms with Gasteiger partial charge in [-0.2, -0.15) is 0 Å². The molecule has 2 N–H and O–H groups in total. The van der Waals surface area contributed by atoms with Crippen molar-refractivity contribution in [1.82, 2.24) is 5.43 Å². The van der Waals surface area contributed by atoms with Crippen LogP contribution >= 0.6 is 11.6 Å². The van der Waals surface area contributed by atoms with Gasteiger partial charge >= 0.3 is 0 Å². The fourth-order valence-corrected chi connectivity index (χ4v) is 1.41. The molecule has 0 heterocycles. The Morgan fingerprint density at radius 1 is 1.29 bits per heavy atom. The molecule has 0 aliphatic carbocycles. The van der Waals surface area contributed by atoms with Crippen molar-refractivity contribution in [2.24, 2.45) is 0 Å². The Labute approximate surface area is 105 Å². The molecule has 0 aliphatic heterocycles. The fraction of sp³-hybridized carbons (Fsp3) is 0.364. The van der Waals surface area contributed by atoms with E-state index in [1.807, 2.05) is 0 Å². The highest BCUT2D eigenvalue weighted by molar-refractivity contribution is 6.32. The van der Waals surface area contributed by atoms with Crippen LogP contribution in [0.1, 0.15) is 13.3 Å². The molecule has 0 saturated carbocycles. The molecule has 1 rings (SSSR count). The van der Waals surface area contributed by atoms with Gasteiger partial charge in [0.25, 0.3) is 0 Å². The summed E-state index contributed by atoms with van der Waals surface area (Å²) in [4.78, 5) is 11.1. The Morgan fingerprint density at radius 3 is 2.47 bits per heavy atom. The Kier molecular flexibility index (Phi) is 4.90. The molecule has 94 valence electrons. The van der Waals surface area contributed by atoms with Gasteiger partial charge in [0.05, 0.1) is 24.9 Å². The Bertz CT molecular complexity index is 410. The summed E-state index contributed by atoms with van der Waals surface area (Å²) in [6.45, 7) is 1.76. The van der Waals surface area contributed by atoms with Crippen LogP contribution in [0.5, 0.6) is 11.5 Å². The number of amides is 1. The van der Waals surface area contributed by atoms with E-state index in [1.165, 1.54) is 14.2 Å². The van der Waals surface area contributed by atoms with Gasteiger partial charge in [0.15, 0.2) is 0 Å². The third kappa shape index (κ3) is 3.42. The van der Waals surface area contributed by atoms with Crippen LogP contribution in [0, 0.1) is 0 Å². The Balaban J connectivity index is 2.92. The number of halogens is 1. The van der Waals surface area contributed by atoms with Crippen LogP contribution in [0.15, 0.2) is 12.1 Å². The maximum atomic E-state index is 11.1. The van der Waals surface area contributed by atoms with Crippen LogP contribution in [0.3, 0.4) is 0 Å². The van der Waals surface area contributed by atoms with E-state index in [0.717, 1.165) is 0 Å². The third-order valence-corrected chi connectivity index (χ3v) is 2.43. The second-order valence-electron chi connectivity index (χ2n) is 3.21. The number of methoxy groups -OCH3 is 2. The second-order valence-corrected chi connectivity index (χ2v) is 3.62. The van der Waals surface area contributed by atoms with E-state index >= 15 is 0 Å². The predicted octanol–water partition coefficient (Wildman–Crippen LogP) is 2.21. The van der Waals surface area contributed by atoms with E-state index in [4.69, 9.17) is 21.1 Å². The minimum Gasteiger partial charge on any atom is -0.495 e. The van der Waals surface area contributed by atoms with Gasteiger partial charge in [0, 0.05) is 18.6 Å². The van der Waals surface area contributed by atoms with Crippen molar-refractivity contribution in [2.45, 2.75) is 13.3 Å². The van der Waals surface area contributed by atoms with Crippen LogP contribution in [0.2, 0.25) is 5.02 Å². The zero-order chi connectivity index (χ0) is 12.8. The van der Waals surface area contributed by atoms with E-state index in [-0.39, 0.29) is 5.91 Å². The molecule has 0 aromatic heterocycles. The highest BCUT2D eigenvalue weighted by Crippen LogP contribution is 2.35. The molecule has 5 nitrogen and oxygen atoms in total. The summed E-state index contributed by atoms with van der Waals surface area (Å²) < 4.78 is 10.2. The Morgan fingerprint density at radius 2 is 1.94 bits per heavy atom. The molecule has 0 spiro atoms. The summed E-state index contributed by atoms with van der Waals surface area (Å²) >= 11 is 5.95. The van der Waals surface area contributed by atoms with Crippen molar-refractivity contribution in [2.75, 3.05) is 19.6 Å². The number of hydrazine groups is 1. The van der Waals surface area contributed by atoms with Crippen LogP contribution < -0.4 is 20.3 Å². The zero-order valence-corrected chi connectivity index (χ0v) is 10.7. The van der Waals surface area contributed by atoms with Crippen molar-refractivity contribution in [3.05, 3.63) is 17.2 Å². The molecule has 6 heteroatoms. The molecule has 17 heavy (non-hydrogen) atoms. The van der Waals surface area contributed by atoms with Gasteiger partial charge < -0.3 is 9.47 Å². The normalized spacial score (nSPS) is 9.65. The fourth-order valence-electron chi connectivity index (χ4n) is 1.18. The second kappa shape index (κ2) is 6.20. The minimum atomic E-state index is -0.124. The first kappa shape index (κ1) is 13.4. The summed E-state index contributed by atoms with van der Waals surface area (Å²) in [5, 5.41) is 0.441. The van der Waals surface area contributed by atoms with Gasteiger partial charge in [0.1, 0.15) is 11.5 Å². The van der Waals surface area contributed by atoms with Crippen LogP contribution in [0.4, 0.5) is 5.69 Å². The molecular formula is C11H15ClN2O3. The molecule has 0 unspecified atom stereocenters. The van der Waals surface area contributed by atoms with Crippen LogP contribution in [-0.4, -0.2) is 20.1 Å². The van der Waals surface area contributed by atoms with Crippen molar-refractivity contribution < 1.29 is 14.3 Å². The minimum absolute atomic E-state index is 0.124. The Hall–Kier alpha value is -1.62. The number of hydrogen-bond donors (Lipinski definition) is 2. The standard InChI is InChI=1S/C11H15ClN2O3/c1-4-11(15)14-13-8-6-9(16-2)7(12)5-10(8)17-3/h5-6,13H,4H2,1-3H3,(H,14,15). The lowest BCUT2D eigenvalue weighted by atomic mass is 10.3. The molecule has 1 amide bonds. The smallest absolute Gasteiger partial charge is 0.238 e. The largest absolute Gasteiger partial charge is 0.495 e. The van der Waals surface area contributed by atoms with E-state index in [2.05, 4.69) is 10.9 Å². The average molecular weight is 259 g/mol. The highest BCUT2D eigenvalue weighted by atomic mass is 35.5. The molecule has 0 saturated heterocycles. The number of anilines is 1. The van der Waals surface area contributed by atoms with Gasteiger partial charge in [-0.3, -0.25) is 15.6 Å². The molecule has 0 aliphatic rings. The van der Waals surface area contributed by atoms with Crippen LogP contribution in [-0.2, 0) is 4.79 Å². The number of carbonyl (C=O) groups is 1. The topological polar surface area (TPSA) is 59.6 Å². The first-order valence-corrected chi connectivity index (χ1v) is 5.46. The lowest BCUT2D eigenvalue weighted by molar-refractivity contribution is -0.120. The van der Waals surface area contributed by atoms with E-state index in [9.17, 15) is 4.79 Å². The lowest BCUT2D eigenvalue weighted by Crippen LogP contribution is -2.28. The number of nitrogens with one attached hydrogen (secondary N) is 2. The van der Waals surface area contributed by atoms with Crippen molar-refractivity contribution in [3.63, 3.8) is 0 Å². The monoisotopic (exact) mass is 258 g/mol. The van der Waals surface area contributed by atoms with E-state index in [1.54, 1.807) is 19.1 Å². The molecule has 0 atom stereocenters. The van der Waals surface area contributed by atoms with Crippen LogP contribution in [0.25, 0.3) is 0 Å². The summed E-state index contributed by atoms with van der Waals surface area (Å²) in [6, 6.07) is 3.26.